The summed E-state index contributed by atoms with van der Waals surface area (Å²) in [4.78, 5) is 13.9. The average Bonchev–Trinajstić information content (AvgIpc) is 2.52. The predicted molar refractivity (Wildman–Crippen MR) is 91.1 cm³/mol. The summed E-state index contributed by atoms with van der Waals surface area (Å²) >= 11 is 1.77. The summed E-state index contributed by atoms with van der Waals surface area (Å²) in [5.41, 5.74) is 1.03. The molecule has 2 aliphatic heterocycles. The Bertz CT molecular complexity index is 546. The topological polar surface area (TPSA) is 62.6 Å². The molecular weight excluding hydrogens is 312 g/mol. The Morgan fingerprint density at radius 2 is 1.96 bits per heavy atom. The van der Waals surface area contributed by atoms with Gasteiger partial charge in [0.25, 0.3) is 0 Å². The number of hydrogen-bond acceptors (Lipinski definition) is 5. The highest BCUT2D eigenvalue weighted by Gasteiger charge is 2.19. The van der Waals surface area contributed by atoms with Gasteiger partial charge in [-0.25, -0.2) is 4.79 Å². The lowest BCUT2D eigenvalue weighted by Crippen LogP contribution is -2.34. The zero-order chi connectivity index (χ0) is 17.5. The number of carbonyl (C=O) groups is 1. The molecule has 0 fully saturated rings. The Morgan fingerprint density at radius 1 is 1.35 bits per heavy atom. The Balaban J connectivity index is 0.000000235. The number of thioether (sulfide) groups is 1. The summed E-state index contributed by atoms with van der Waals surface area (Å²) in [6.07, 6.45) is -0.0572. The van der Waals surface area contributed by atoms with Gasteiger partial charge >= 0.3 is 6.09 Å². The highest BCUT2D eigenvalue weighted by Crippen LogP contribution is 2.40. The van der Waals surface area contributed by atoms with Crippen molar-refractivity contribution in [3.05, 3.63) is 29.8 Å². The maximum atomic E-state index is 11.3. The molecule has 0 spiro atoms. The zero-order valence-corrected chi connectivity index (χ0v) is 15.1. The first-order chi connectivity index (χ1) is 10.8. The van der Waals surface area contributed by atoms with E-state index < -0.39 is 5.60 Å². The van der Waals surface area contributed by atoms with E-state index in [0.717, 1.165) is 0 Å². The van der Waals surface area contributed by atoms with Crippen molar-refractivity contribution >= 4 is 17.9 Å². The molecule has 5 nitrogen and oxygen atoms in total. The van der Waals surface area contributed by atoms with Gasteiger partial charge in [0.05, 0.1) is 12.5 Å². The first kappa shape index (κ1) is 19.3. The van der Waals surface area contributed by atoms with Crippen LogP contribution in [0.5, 0.6) is 0 Å². The summed E-state index contributed by atoms with van der Waals surface area (Å²) in [7, 11) is 3.36. The number of rotatable bonds is 3. The van der Waals surface area contributed by atoms with Crippen LogP contribution in [0.2, 0.25) is 0 Å². The van der Waals surface area contributed by atoms with Gasteiger partial charge in [0.1, 0.15) is 11.0 Å². The third-order valence-electron chi connectivity index (χ3n) is 2.87. The van der Waals surface area contributed by atoms with Gasteiger partial charge < -0.3 is 14.4 Å². The van der Waals surface area contributed by atoms with Crippen molar-refractivity contribution in [2.45, 2.75) is 43.1 Å². The van der Waals surface area contributed by atoms with Gasteiger partial charge in [-0.15, -0.1) is 0 Å². The quantitative estimate of drug-likeness (QED) is 0.827. The summed E-state index contributed by atoms with van der Waals surface area (Å²) in [6, 6.07) is 10.4. The first-order valence-electron chi connectivity index (χ1n) is 7.37. The molecule has 2 aliphatic rings. The average molecular weight is 336 g/mol. The van der Waals surface area contributed by atoms with E-state index in [9.17, 15) is 4.79 Å². The predicted octanol–water partition coefficient (Wildman–Crippen LogP) is 4.20. The summed E-state index contributed by atoms with van der Waals surface area (Å²) in [6.45, 7) is 5.83. The lowest BCUT2D eigenvalue weighted by molar-refractivity contribution is 0.0302. The van der Waals surface area contributed by atoms with Crippen LogP contribution in [0.1, 0.15) is 38.2 Å². The molecule has 1 aromatic rings. The van der Waals surface area contributed by atoms with Crippen molar-refractivity contribution in [1.82, 2.24) is 4.90 Å². The minimum Gasteiger partial charge on any atom is -0.444 e. The third kappa shape index (κ3) is 6.93. The Labute approximate surface area is 142 Å². The van der Waals surface area contributed by atoms with Crippen LogP contribution < -0.4 is 0 Å². The number of methoxy groups -OCH3 is 1. The van der Waals surface area contributed by atoms with Crippen LogP contribution in [-0.4, -0.2) is 37.3 Å². The Morgan fingerprint density at radius 3 is 2.30 bits per heavy atom. The van der Waals surface area contributed by atoms with Gasteiger partial charge in [-0.2, -0.15) is 5.26 Å². The monoisotopic (exact) mass is 336 g/mol. The van der Waals surface area contributed by atoms with E-state index in [-0.39, 0.29) is 11.5 Å². The minimum atomic E-state index is -0.474. The number of nitriles is 1. The largest absolute Gasteiger partial charge is 0.444 e. The van der Waals surface area contributed by atoms with Gasteiger partial charge in [-0.3, -0.25) is 0 Å². The third-order valence-corrected chi connectivity index (χ3v) is 4.10. The number of ether oxygens (including phenoxy) is 2. The van der Waals surface area contributed by atoms with E-state index in [1.165, 1.54) is 15.4 Å². The number of hydrogen-bond donors (Lipinski definition) is 0. The fourth-order valence-corrected chi connectivity index (χ4v) is 2.66. The fraction of sp³-hybridized carbons (Fsp3) is 0.529. The number of amides is 1. The number of nitrogens with zero attached hydrogens (tertiary/aromatic N) is 2. The molecule has 0 saturated heterocycles. The van der Waals surface area contributed by atoms with Gasteiger partial charge in [0.15, 0.2) is 0 Å². The minimum absolute atomic E-state index is 0.241. The molecule has 3 rings (SSSR count). The number of benzene rings is 1. The van der Waals surface area contributed by atoms with Crippen molar-refractivity contribution in [3.8, 4) is 6.07 Å². The van der Waals surface area contributed by atoms with E-state index in [2.05, 4.69) is 24.3 Å². The lowest BCUT2D eigenvalue weighted by atomic mass is 10.2. The number of fused-ring (bicyclic) bond motifs is 3. The van der Waals surface area contributed by atoms with Crippen molar-refractivity contribution in [2.24, 2.45) is 0 Å². The maximum Gasteiger partial charge on any atom is 0.410 e. The van der Waals surface area contributed by atoms with Crippen LogP contribution in [0, 0.1) is 11.3 Å². The van der Waals surface area contributed by atoms with E-state index in [0.29, 0.717) is 13.0 Å². The van der Waals surface area contributed by atoms with Crippen LogP contribution in [0.25, 0.3) is 0 Å². The highest BCUT2D eigenvalue weighted by molar-refractivity contribution is 7.99. The molecule has 1 unspecified atom stereocenters. The van der Waals surface area contributed by atoms with E-state index in [1.54, 1.807) is 25.9 Å². The second-order valence-electron chi connectivity index (χ2n) is 6.06. The van der Waals surface area contributed by atoms with Gasteiger partial charge in [0.2, 0.25) is 0 Å². The molecule has 1 atom stereocenters. The van der Waals surface area contributed by atoms with Crippen molar-refractivity contribution in [1.29, 1.82) is 5.26 Å². The normalized spacial score (nSPS) is 15.2. The van der Waals surface area contributed by atoms with E-state index in [1.807, 2.05) is 26.8 Å². The molecule has 0 saturated carbocycles. The molecule has 1 amide bonds. The van der Waals surface area contributed by atoms with Crippen molar-refractivity contribution in [2.75, 3.05) is 20.7 Å². The van der Waals surface area contributed by atoms with Gasteiger partial charge in [-0.05, 0) is 38.5 Å². The summed E-state index contributed by atoms with van der Waals surface area (Å²) in [5.74, 6) is 0. The maximum absolute atomic E-state index is 11.3. The second-order valence-corrected chi connectivity index (χ2v) is 7.20. The van der Waals surface area contributed by atoms with Crippen LogP contribution in [0.15, 0.2) is 29.2 Å². The molecule has 0 aromatic heterocycles. The Kier molecular flexibility index (Phi) is 7.40. The molecule has 2 heterocycles. The van der Waals surface area contributed by atoms with Crippen LogP contribution in [0.4, 0.5) is 4.79 Å². The molecule has 0 aliphatic carbocycles. The fourth-order valence-electron chi connectivity index (χ4n) is 1.73. The molecule has 23 heavy (non-hydrogen) atoms. The van der Waals surface area contributed by atoms with Crippen molar-refractivity contribution < 1.29 is 14.3 Å². The zero-order valence-electron chi connectivity index (χ0n) is 14.3. The molecule has 6 heteroatoms. The lowest BCUT2D eigenvalue weighted by Gasteiger charge is -2.23. The molecule has 0 N–H and O–H groups in total. The first-order valence-corrected chi connectivity index (χ1v) is 8.25. The highest BCUT2D eigenvalue weighted by atomic mass is 32.2. The van der Waals surface area contributed by atoms with E-state index in [4.69, 9.17) is 14.7 Å². The SMILES string of the molecule is CN(CCC#N)C(=O)OC(C)(C)C.COC1Sc2ccc1cc2. The van der Waals surface area contributed by atoms with Crippen LogP contribution in [0.3, 0.4) is 0 Å². The second kappa shape index (κ2) is 8.80. The number of carbonyl (C=O) groups excluding carboxylic acids is 1. The van der Waals surface area contributed by atoms with Crippen molar-refractivity contribution in [3.63, 3.8) is 0 Å². The van der Waals surface area contributed by atoms with E-state index >= 15 is 0 Å². The molecule has 1 aromatic carbocycles. The molecule has 0 radical (unpaired) electrons. The smallest absolute Gasteiger partial charge is 0.410 e. The van der Waals surface area contributed by atoms with Gasteiger partial charge in [-0.1, -0.05) is 23.9 Å². The Hall–Kier alpha value is -1.71. The summed E-state index contributed by atoms with van der Waals surface area (Å²) in [5, 5.41) is 8.30. The molecule has 126 valence electrons. The standard InChI is InChI=1S/C9H16N2O2.C8H8OS/c1-9(2,3)13-8(12)11(4)7-5-6-10;1-9-8-6-2-4-7(10-8)5-3-6/h5,7H2,1-4H3;2-5,8H,1H3. The molecular formula is C17H24N2O3S. The van der Waals surface area contributed by atoms with Crippen LogP contribution in [-0.2, 0) is 9.47 Å². The summed E-state index contributed by atoms with van der Waals surface area (Å²) < 4.78 is 10.3. The molecule has 2 bridgehead atoms. The van der Waals surface area contributed by atoms with Crippen LogP contribution >= 0.6 is 11.8 Å². The van der Waals surface area contributed by atoms with Gasteiger partial charge in [0, 0.05) is 25.6 Å².